The number of carboxylic acid groups (broad SMARTS) is 1. The zero-order chi connectivity index (χ0) is 14.7. The van der Waals surface area contributed by atoms with Crippen LogP contribution in [-0.4, -0.2) is 65.5 Å². The Morgan fingerprint density at radius 2 is 1.95 bits per heavy atom. The van der Waals surface area contributed by atoms with Crippen LogP contribution in [0.25, 0.3) is 0 Å². The van der Waals surface area contributed by atoms with E-state index >= 15 is 0 Å². The monoisotopic (exact) mass is 271 g/mol. The number of nitrogens with zero attached hydrogens (tertiary/aromatic N) is 2. The van der Waals surface area contributed by atoms with E-state index in [1.165, 1.54) is 9.80 Å². The van der Waals surface area contributed by atoms with E-state index in [1.807, 2.05) is 0 Å². The molecule has 2 N–H and O–H groups in total. The van der Waals surface area contributed by atoms with Gasteiger partial charge in [-0.25, -0.2) is 9.59 Å². The summed E-state index contributed by atoms with van der Waals surface area (Å²) in [5.74, 6) is -1.32. The molecule has 1 saturated heterocycles. The molecule has 3 atom stereocenters. The van der Waals surface area contributed by atoms with Crippen LogP contribution in [0.3, 0.4) is 0 Å². The van der Waals surface area contributed by atoms with E-state index in [0.29, 0.717) is 13.0 Å². The van der Waals surface area contributed by atoms with E-state index < -0.39 is 24.1 Å². The van der Waals surface area contributed by atoms with Crippen molar-refractivity contribution in [2.75, 3.05) is 20.6 Å². The van der Waals surface area contributed by atoms with Gasteiger partial charge in [0.25, 0.3) is 0 Å². The van der Waals surface area contributed by atoms with Crippen molar-refractivity contribution in [2.45, 2.75) is 32.4 Å². The van der Waals surface area contributed by atoms with Crippen molar-refractivity contribution in [3.63, 3.8) is 0 Å². The van der Waals surface area contributed by atoms with Crippen LogP contribution in [0.2, 0.25) is 0 Å². The Kier molecular flexibility index (Phi) is 4.74. The third kappa shape index (κ3) is 3.36. The van der Waals surface area contributed by atoms with E-state index in [4.69, 9.17) is 5.11 Å². The molecule has 7 nitrogen and oxygen atoms in total. The molecule has 1 fully saturated rings. The second kappa shape index (κ2) is 5.90. The molecule has 1 rings (SSSR count). The van der Waals surface area contributed by atoms with Crippen LogP contribution in [0.5, 0.6) is 0 Å². The summed E-state index contributed by atoms with van der Waals surface area (Å²) >= 11 is 0. The number of urea groups is 1. The Labute approximate surface area is 112 Å². The fraction of sp³-hybridized carbons (Fsp3) is 0.750. The molecule has 0 aromatic rings. The number of hydrogen-bond donors (Lipinski definition) is 2. The molecule has 0 aliphatic carbocycles. The third-order valence-electron chi connectivity index (χ3n) is 3.37. The Hall–Kier alpha value is -1.79. The van der Waals surface area contributed by atoms with Crippen molar-refractivity contribution in [3.8, 4) is 0 Å². The van der Waals surface area contributed by atoms with Crippen LogP contribution in [0.1, 0.15) is 20.3 Å². The van der Waals surface area contributed by atoms with Crippen molar-refractivity contribution in [1.29, 1.82) is 0 Å². The van der Waals surface area contributed by atoms with Gasteiger partial charge in [-0.3, -0.25) is 4.79 Å². The summed E-state index contributed by atoms with van der Waals surface area (Å²) in [5, 5.41) is 11.7. The molecule has 108 valence electrons. The maximum absolute atomic E-state index is 12.0. The first-order chi connectivity index (χ1) is 8.75. The Morgan fingerprint density at radius 1 is 1.37 bits per heavy atom. The van der Waals surface area contributed by atoms with Gasteiger partial charge in [0.2, 0.25) is 5.91 Å². The van der Waals surface area contributed by atoms with E-state index in [1.54, 1.807) is 27.9 Å². The third-order valence-corrected chi connectivity index (χ3v) is 3.37. The fourth-order valence-corrected chi connectivity index (χ4v) is 2.27. The topological polar surface area (TPSA) is 90.0 Å². The second-order valence-corrected chi connectivity index (χ2v) is 5.15. The predicted molar refractivity (Wildman–Crippen MR) is 68.6 cm³/mol. The summed E-state index contributed by atoms with van der Waals surface area (Å²) in [5.41, 5.74) is 0. The molecule has 0 spiro atoms. The molecule has 3 unspecified atom stereocenters. The van der Waals surface area contributed by atoms with Crippen molar-refractivity contribution in [2.24, 2.45) is 5.92 Å². The van der Waals surface area contributed by atoms with Crippen LogP contribution < -0.4 is 5.32 Å². The van der Waals surface area contributed by atoms with Crippen molar-refractivity contribution in [3.05, 3.63) is 0 Å². The number of carbonyl (C=O) groups excluding carboxylic acids is 2. The molecule has 0 radical (unpaired) electrons. The average molecular weight is 271 g/mol. The molecule has 1 aliphatic heterocycles. The fourth-order valence-electron chi connectivity index (χ4n) is 2.27. The molecule has 3 amide bonds. The largest absolute Gasteiger partial charge is 0.480 e. The Morgan fingerprint density at radius 3 is 2.42 bits per heavy atom. The smallest absolute Gasteiger partial charge is 0.326 e. The molecule has 1 aliphatic rings. The number of likely N-dealkylation sites (tertiary alicyclic amines) is 1. The lowest BCUT2D eigenvalue weighted by atomic mass is 10.0. The summed E-state index contributed by atoms with van der Waals surface area (Å²) in [6.45, 7) is 3.78. The Bertz CT molecular complexity index is 383. The molecule has 7 heteroatoms. The highest BCUT2D eigenvalue weighted by atomic mass is 16.4. The highest BCUT2D eigenvalue weighted by Crippen LogP contribution is 2.24. The zero-order valence-corrected chi connectivity index (χ0v) is 11.7. The molecule has 0 saturated carbocycles. The number of nitrogens with one attached hydrogen (secondary N) is 1. The van der Waals surface area contributed by atoms with Gasteiger partial charge in [0.15, 0.2) is 0 Å². The van der Waals surface area contributed by atoms with E-state index in [9.17, 15) is 14.4 Å². The van der Waals surface area contributed by atoms with Crippen LogP contribution >= 0.6 is 0 Å². The predicted octanol–water partition coefficient (Wildman–Crippen LogP) is -0.0323. The van der Waals surface area contributed by atoms with Crippen molar-refractivity contribution >= 4 is 17.9 Å². The van der Waals surface area contributed by atoms with Gasteiger partial charge in [0.05, 0.1) is 0 Å². The minimum absolute atomic E-state index is 0.0805. The quantitative estimate of drug-likeness (QED) is 0.754. The number of hydrogen-bond acceptors (Lipinski definition) is 3. The van der Waals surface area contributed by atoms with Crippen LogP contribution in [0.4, 0.5) is 4.79 Å². The maximum atomic E-state index is 12.0. The number of likely N-dealkylation sites (N-methyl/N-ethyl adjacent to an activating group) is 1. The SMILES string of the molecule is CC(NC(=O)N1CCC(C)C1C(=O)O)C(=O)N(C)C. The van der Waals surface area contributed by atoms with Gasteiger partial charge in [0, 0.05) is 20.6 Å². The standard InChI is InChI=1S/C12H21N3O4/c1-7-5-6-15(9(7)11(17)18)12(19)13-8(2)10(16)14(3)4/h7-9H,5-6H2,1-4H3,(H,13,19)(H,17,18). The van der Waals surface area contributed by atoms with E-state index in [-0.39, 0.29) is 11.8 Å². The number of aliphatic carboxylic acids is 1. The van der Waals surface area contributed by atoms with Gasteiger partial charge in [-0.05, 0) is 19.3 Å². The van der Waals surface area contributed by atoms with Gasteiger partial charge >= 0.3 is 12.0 Å². The normalized spacial score (nSPS) is 23.9. The minimum Gasteiger partial charge on any atom is -0.480 e. The lowest BCUT2D eigenvalue weighted by Crippen LogP contribution is -2.52. The zero-order valence-electron chi connectivity index (χ0n) is 11.7. The summed E-state index contributed by atoms with van der Waals surface area (Å²) in [4.78, 5) is 37.5. The number of rotatable bonds is 3. The van der Waals surface area contributed by atoms with Crippen LogP contribution in [-0.2, 0) is 9.59 Å². The van der Waals surface area contributed by atoms with Gasteiger partial charge in [-0.1, -0.05) is 6.92 Å². The number of amides is 3. The first-order valence-electron chi connectivity index (χ1n) is 6.26. The Balaban J connectivity index is 2.68. The first-order valence-corrected chi connectivity index (χ1v) is 6.26. The first kappa shape index (κ1) is 15.3. The summed E-state index contributed by atoms with van der Waals surface area (Å²) in [7, 11) is 3.20. The summed E-state index contributed by atoms with van der Waals surface area (Å²) < 4.78 is 0. The molecule has 0 aromatic carbocycles. The molecular formula is C12H21N3O4. The van der Waals surface area contributed by atoms with Gasteiger partial charge in [0.1, 0.15) is 12.1 Å². The highest BCUT2D eigenvalue weighted by molar-refractivity contribution is 5.88. The van der Waals surface area contributed by atoms with Gasteiger partial charge in [-0.15, -0.1) is 0 Å². The molecule has 0 aromatic heterocycles. The number of carboxylic acids is 1. The summed E-state index contributed by atoms with van der Waals surface area (Å²) in [6.07, 6.45) is 0.653. The van der Waals surface area contributed by atoms with Gasteiger partial charge < -0.3 is 20.2 Å². The number of carbonyl (C=O) groups is 3. The lowest BCUT2D eigenvalue weighted by molar-refractivity contribution is -0.142. The highest BCUT2D eigenvalue weighted by Gasteiger charge is 2.40. The molecule has 1 heterocycles. The molecular weight excluding hydrogens is 250 g/mol. The van der Waals surface area contributed by atoms with Crippen molar-refractivity contribution in [1.82, 2.24) is 15.1 Å². The summed E-state index contributed by atoms with van der Waals surface area (Å²) in [6, 6.07) is -1.99. The average Bonchev–Trinajstić information content (AvgIpc) is 2.69. The maximum Gasteiger partial charge on any atom is 0.326 e. The van der Waals surface area contributed by atoms with Gasteiger partial charge in [-0.2, -0.15) is 0 Å². The molecule has 19 heavy (non-hydrogen) atoms. The second-order valence-electron chi connectivity index (χ2n) is 5.15. The molecule has 0 bridgehead atoms. The lowest BCUT2D eigenvalue weighted by Gasteiger charge is -2.26. The van der Waals surface area contributed by atoms with E-state index in [2.05, 4.69) is 5.32 Å². The minimum atomic E-state index is -1.01. The van der Waals surface area contributed by atoms with Crippen molar-refractivity contribution < 1.29 is 19.5 Å². The van der Waals surface area contributed by atoms with E-state index in [0.717, 1.165) is 0 Å². The van der Waals surface area contributed by atoms with Crippen LogP contribution in [0.15, 0.2) is 0 Å². The van der Waals surface area contributed by atoms with Crippen LogP contribution in [0, 0.1) is 5.92 Å².